The van der Waals surface area contributed by atoms with Gasteiger partial charge in [0.2, 0.25) is 0 Å². The molecule has 0 saturated heterocycles. The normalized spacial score (nSPS) is 13.3. The van der Waals surface area contributed by atoms with Crippen molar-refractivity contribution in [2.24, 2.45) is 4.99 Å². The summed E-state index contributed by atoms with van der Waals surface area (Å²) in [5.74, 6) is -1.56. The van der Waals surface area contributed by atoms with Gasteiger partial charge in [0.15, 0.2) is 0 Å². The Morgan fingerprint density at radius 3 is 2.05 bits per heavy atom. The van der Waals surface area contributed by atoms with Gasteiger partial charge >= 0.3 is 16.5 Å². The molecule has 1 radical (unpaired) electrons. The number of benzene rings is 1. The summed E-state index contributed by atoms with van der Waals surface area (Å²) in [5.41, 5.74) is 0.396. The Bertz CT molecular complexity index is 562. The van der Waals surface area contributed by atoms with Crippen molar-refractivity contribution < 1.29 is 48.2 Å². The van der Waals surface area contributed by atoms with Crippen molar-refractivity contribution in [3.05, 3.63) is 60.1 Å². The van der Waals surface area contributed by atoms with Crippen molar-refractivity contribution in [2.75, 3.05) is 0 Å². The second-order valence-corrected chi connectivity index (χ2v) is 3.38. The Balaban J connectivity index is -0.000000810. The molecule has 1 aliphatic rings. The van der Waals surface area contributed by atoms with Crippen LogP contribution >= 0.6 is 0 Å². The number of hydrogen-bond donors (Lipinski definition) is 0. The van der Waals surface area contributed by atoms with Crippen LogP contribution in [-0.2, 0) is 16.5 Å². The average molecular weight is 339 g/mol. The second-order valence-electron chi connectivity index (χ2n) is 3.38. The number of allylic oxidation sites excluding steroid dienone is 5. The van der Waals surface area contributed by atoms with E-state index < -0.39 is 5.95 Å². The fourth-order valence-electron chi connectivity index (χ4n) is 1.42. The van der Waals surface area contributed by atoms with Gasteiger partial charge in [-0.3, -0.25) is 0 Å². The van der Waals surface area contributed by atoms with Gasteiger partial charge in [-0.2, -0.15) is 5.95 Å². The summed E-state index contributed by atoms with van der Waals surface area (Å²) >= 11 is 0. The molecular weight excluding hydrogens is 325 g/mol. The molecule has 1 aromatic rings. The zero-order valence-electron chi connectivity index (χ0n) is 10.6. The van der Waals surface area contributed by atoms with Crippen LogP contribution in [0, 0.1) is 0 Å². The van der Waals surface area contributed by atoms with Crippen LogP contribution in [0.2, 0.25) is 0 Å². The summed E-state index contributed by atoms with van der Waals surface area (Å²) in [4.78, 5) is 4.03. The molecule has 6 N–H and O–H groups in total. The number of rotatable bonds is 1. The second kappa shape index (κ2) is 10.6. The Labute approximate surface area is 131 Å². The minimum atomic E-state index is -1.31. The predicted molar refractivity (Wildman–Crippen MR) is 69.1 cm³/mol. The summed E-state index contributed by atoms with van der Waals surface area (Å²) in [6.45, 7) is 0. The minimum absolute atomic E-state index is 0. The molecule has 0 spiro atoms. The molecule has 0 fully saturated rings. The molecule has 0 saturated carbocycles. The van der Waals surface area contributed by atoms with Crippen LogP contribution in [0.5, 0.6) is 5.75 Å². The average Bonchev–Trinajstić information content (AvgIpc) is 2.32. The molecule has 8 heteroatoms. The van der Waals surface area contributed by atoms with Crippen molar-refractivity contribution in [3.8, 4) is 5.75 Å². The first-order chi connectivity index (χ1) is 8.18. The molecule has 0 heterocycles. The Hall–Kier alpha value is -2.12. The van der Waals surface area contributed by atoms with Gasteiger partial charge < -0.3 is 31.7 Å². The van der Waals surface area contributed by atoms with Gasteiger partial charge in [0, 0.05) is 0 Å². The van der Waals surface area contributed by atoms with E-state index in [1.54, 1.807) is 24.3 Å². The molecule has 0 unspecified atom stereocenters. The summed E-state index contributed by atoms with van der Waals surface area (Å²) in [6, 6.07) is 6.18. The third-order valence-electron chi connectivity index (χ3n) is 2.23. The molecule has 7 nitrogen and oxygen atoms in total. The quantitative estimate of drug-likeness (QED) is 0.404. The zero-order valence-corrected chi connectivity index (χ0v) is 11.6. The molecule has 0 amide bonds. The van der Waals surface area contributed by atoms with E-state index in [2.05, 4.69) is 4.99 Å². The molecule has 0 bridgehead atoms. The number of hydrogen-bond acceptors (Lipinski definition) is 4. The van der Waals surface area contributed by atoms with Gasteiger partial charge in [0.05, 0.1) is 11.4 Å². The third kappa shape index (κ3) is 5.80. The fraction of sp³-hybridized carbons (Fsp3) is 0. The monoisotopic (exact) mass is 338 g/mol. The van der Waals surface area contributed by atoms with Crippen LogP contribution in [0.25, 0.3) is 0 Å². The molecule has 0 aliphatic heterocycles. The molecule has 2 rings (SSSR count). The van der Waals surface area contributed by atoms with Crippen molar-refractivity contribution in [1.82, 2.24) is 0 Å². The zero-order chi connectivity index (χ0) is 12.3. The molecule has 117 valence electrons. The Morgan fingerprint density at radius 1 is 0.905 bits per heavy atom. The van der Waals surface area contributed by atoms with E-state index in [0.717, 1.165) is 0 Å². The maximum Gasteiger partial charge on any atom is 3.00 e. The molecule has 1 aromatic carbocycles. The van der Waals surface area contributed by atoms with Crippen molar-refractivity contribution >= 4 is 11.4 Å². The van der Waals surface area contributed by atoms with E-state index in [1.807, 2.05) is 0 Å². The van der Waals surface area contributed by atoms with Gasteiger partial charge in [-0.15, -0.1) is 0 Å². The first-order valence-corrected chi connectivity index (χ1v) is 4.96. The standard InChI is InChI=1S/C13H11NO3.Ni.3H2O/c15-12-8-4-3-7-11(12)14-10-6-2-1-5-9(10)13(16)17;;;;/h1-8,15-17H;;3*1H2/q;+3;;;/p-3. The first kappa shape index (κ1) is 23.9. The summed E-state index contributed by atoms with van der Waals surface area (Å²) < 4.78 is 0. The maximum atomic E-state index is 11.4. The van der Waals surface area contributed by atoms with E-state index in [4.69, 9.17) is 0 Å². The first-order valence-electron chi connectivity index (χ1n) is 4.96. The van der Waals surface area contributed by atoms with Crippen molar-refractivity contribution in [3.63, 3.8) is 0 Å². The Morgan fingerprint density at radius 2 is 1.48 bits per heavy atom. The number of para-hydroxylation sites is 2. The topological polar surface area (TPSA) is 176 Å². The van der Waals surface area contributed by atoms with Crippen LogP contribution < -0.4 is 15.3 Å². The molecule has 0 aromatic heterocycles. The van der Waals surface area contributed by atoms with Gasteiger partial charge in [0.1, 0.15) is 0 Å². The predicted octanol–water partition coefficient (Wildman–Crippen LogP) is -2.59. The fourth-order valence-corrected chi connectivity index (χ4v) is 1.42. The molecule has 0 atom stereocenters. The molecular formula is C13H14NNiO6. The van der Waals surface area contributed by atoms with Gasteiger partial charge in [-0.1, -0.05) is 42.2 Å². The number of nitrogens with zero attached hydrogens (tertiary/aromatic N) is 1. The largest absolute Gasteiger partial charge is 3.00 e. The third-order valence-corrected chi connectivity index (χ3v) is 2.23. The van der Waals surface area contributed by atoms with Gasteiger partial charge in [-0.05, 0) is 17.7 Å². The van der Waals surface area contributed by atoms with E-state index in [-0.39, 0.29) is 55.6 Å². The van der Waals surface area contributed by atoms with Crippen LogP contribution in [0.15, 0.2) is 65.1 Å². The summed E-state index contributed by atoms with van der Waals surface area (Å²) in [5, 5.41) is 33.1. The summed E-state index contributed by atoms with van der Waals surface area (Å²) in [7, 11) is 0. The van der Waals surface area contributed by atoms with Crippen LogP contribution in [0.4, 0.5) is 5.69 Å². The minimum Gasteiger partial charge on any atom is -0.883 e. The van der Waals surface area contributed by atoms with Gasteiger partial charge in [0.25, 0.3) is 0 Å². The molecule has 1 aliphatic carbocycles. The van der Waals surface area contributed by atoms with Crippen LogP contribution in [0.1, 0.15) is 0 Å². The summed E-state index contributed by atoms with van der Waals surface area (Å²) in [6.07, 6.45) is 6.14. The smallest absolute Gasteiger partial charge is 0.883 e. The van der Waals surface area contributed by atoms with Crippen molar-refractivity contribution in [1.29, 1.82) is 0 Å². The van der Waals surface area contributed by atoms with E-state index in [0.29, 0.717) is 0 Å². The molecule has 21 heavy (non-hydrogen) atoms. The van der Waals surface area contributed by atoms with E-state index in [1.165, 1.54) is 24.3 Å². The van der Waals surface area contributed by atoms with Gasteiger partial charge in [-0.25, -0.2) is 4.99 Å². The van der Waals surface area contributed by atoms with E-state index in [9.17, 15) is 15.3 Å². The van der Waals surface area contributed by atoms with Crippen molar-refractivity contribution in [2.45, 2.75) is 0 Å². The maximum absolute atomic E-state index is 11.4. The Kier molecular flexibility index (Phi) is 12.1. The van der Waals surface area contributed by atoms with E-state index >= 15 is 0 Å². The van der Waals surface area contributed by atoms with Crippen LogP contribution in [0.3, 0.4) is 0 Å². The number of aliphatic imine (C=N–C) groups is 1. The van der Waals surface area contributed by atoms with Crippen LogP contribution in [-0.4, -0.2) is 22.1 Å². The SMILES string of the molecule is O.O.O.[Ni+3].[O-]C([O-])=C1C=CC=CC1=Nc1ccccc1[O-].